The van der Waals surface area contributed by atoms with Crippen molar-refractivity contribution in [2.45, 2.75) is 25.1 Å². The summed E-state index contributed by atoms with van der Waals surface area (Å²) < 4.78 is 44.0. The maximum Gasteiger partial charge on any atom is 0.416 e. The molecule has 0 saturated carbocycles. The number of benzene rings is 1. The Morgan fingerprint density at radius 2 is 1.89 bits per heavy atom. The number of alkyl halides is 3. The van der Waals surface area contributed by atoms with Crippen molar-refractivity contribution >= 4 is 16.6 Å². The van der Waals surface area contributed by atoms with Crippen LogP contribution in [0.25, 0.3) is 22.0 Å². The molecule has 1 aromatic carbocycles. The van der Waals surface area contributed by atoms with Crippen LogP contribution < -0.4 is 5.32 Å². The zero-order chi connectivity index (χ0) is 18.9. The van der Waals surface area contributed by atoms with Gasteiger partial charge in [-0.05, 0) is 31.0 Å². The summed E-state index contributed by atoms with van der Waals surface area (Å²) in [6.07, 6.45) is 1.13. The predicted octanol–water partition coefficient (Wildman–Crippen LogP) is 4.30. The molecule has 3 aromatic rings. The van der Waals surface area contributed by atoms with Gasteiger partial charge >= 0.3 is 6.18 Å². The van der Waals surface area contributed by atoms with E-state index in [0.29, 0.717) is 23.6 Å². The minimum absolute atomic E-state index is 0.146. The number of fused-ring (bicyclic) bond motifs is 1. The van der Waals surface area contributed by atoms with Crippen LogP contribution in [0.1, 0.15) is 18.4 Å². The van der Waals surface area contributed by atoms with Gasteiger partial charge in [-0.3, -0.25) is 4.98 Å². The van der Waals surface area contributed by atoms with Gasteiger partial charge in [-0.1, -0.05) is 12.1 Å². The van der Waals surface area contributed by atoms with Crippen LogP contribution in [0.4, 0.5) is 19.0 Å². The highest BCUT2D eigenvalue weighted by atomic mass is 19.4. The highest BCUT2D eigenvalue weighted by Gasteiger charge is 2.30. The third-order valence-corrected chi connectivity index (χ3v) is 4.59. The number of halogens is 3. The number of hydrogen-bond acceptors (Lipinski definition) is 5. The second kappa shape index (κ2) is 7.11. The van der Waals surface area contributed by atoms with Crippen LogP contribution in [0.2, 0.25) is 0 Å². The molecule has 0 bridgehead atoms. The molecule has 5 nitrogen and oxygen atoms in total. The van der Waals surface area contributed by atoms with Gasteiger partial charge in [-0.2, -0.15) is 13.2 Å². The van der Waals surface area contributed by atoms with Gasteiger partial charge in [0.25, 0.3) is 0 Å². The lowest BCUT2D eigenvalue weighted by Crippen LogP contribution is -2.19. The summed E-state index contributed by atoms with van der Waals surface area (Å²) in [5.41, 5.74) is 0.390. The first-order valence-corrected chi connectivity index (χ1v) is 8.66. The second-order valence-electron chi connectivity index (χ2n) is 6.41. The Morgan fingerprint density at radius 1 is 1.07 bits per heavy atom. The Morgan fingerprint density at radius 3 is 2.59 bits per heavy atom. The van der Waals surface area contributed by atoms with Gasteiger partial charge in [0.05, 0.1) is 11.7 Å². The Hall–Kier alpha value is -2.74. The van der Waals surface area contributed by atoms with Crippen LogP contribution >= 0.6 is 0 Å². The fraction of sp³-hybridized carbons (Fsp3) is 0.316. The standard InChI is InChI=1S/C19H17F3N4O/c20-19(21,22)13-5-3-12(4-6-13)17-15-7-8-23-11-16(15)18(26-25-17)24-10-14-2-1-9-27-14/h3-8,11,14H,1-2,9-10H2,(H,24,26). The van der Waals surface area contributed by atoms with Gasteiger partial charge in [0.15, 0.2) is 5.82 Å². The minimum atomic E-state index is -4.37. The maximum atomic E-state index is 12.8. The molecule has 1 aliphatic rings. The fourth-order valence-corrected chi connectivity index (χ4v) is 3.17. The normalized spacial score (nSPS) is 17.4. The number of aromatic nitrogens is 3. The molecule has 1 saturated heterocycles. The van der Waals surface area contributed by atoms with E-state index in [1.54, 1.807) is 18.5 Å². The molecule has 1 aliphatic heterocycles. The number of anilines is 1. The van der Waals surface area contributed by atoms with E-state index in [1.807, 2.05) is 0 Å². The van der Waals surface area contributed by atoms with Crippen LogP contribution in [0.3, 0.4) is 0 Å². The van der Waals surface area contributed by atoms with E-state index in [9.17, 15) is 13.2 Å². The Balaban J connectivity index is 1.67. The van der Waals surface area contributed by atoms with E-state index in [0.717, 1.165) is 42.4 Å². The quantitative estimate of drug-likeness (QED) is 0.738. The largest absolute Gasteiger partial charge is 0.416 e. The van der Waals surface area contributed by atoms with Crippen LogP contribution in [-0.2, 0) is 10.9 Å². The Bertz CT molecular complexity index is 938. The van der Waals surface area contributed by atoms with Gasteiger partial charge in [0, 0.05) is 41.9 Å². The smallest absolute Gasteiger partial charge is 0.376 e. The van der Waals surface area contributed by atoms with Crippen LogP contribution in [0.5, 0.6) is 0 Å². The summed E-state index contributed by atoms with van der Waals surface area (Å²) in [4.78, 5) is 4.15. The lowest BCUT2D eigenvalue weighted by atomic mass is 10.0. The van der Waals surface area contributed by atoms with E-state index in [1.165, 1.54) is 12.1 Å². The van der Waals surface area contributed by atoms with Crippen LogP contribution in [0.15, 0.2) is 42.7 Å². The molecule has 2 aromatic heterocycles. The van der Waals surface area contributed by atoms with E-state index >= 15 is 0 Å². The number of ether oxygens (including phenoxy) is 1. The molecule has 4 rings (SSSR count). The number of nitrogens with zero attached hydrogens (tertiary/aromatic N) is 3. The molecule has 1 atom stereocenters. The molecule has 0 radical (unpaired) electrons. The highest BCUT2D eigenvalue weighted by molar-refractivity contribution is 5.99. The third-order valence-electron chi connectivity index (χ3n) is 4.59. The van der Waals surface area contributed by atoms with Gasteiger partial charge < -0.3 is 10.1 Å². The van der Waals surface area contributed by atoms with Crippen molar-refractivity contribution < 1.29 is 17.9 Å². The molecule has 0 aliphatic carbocycles. The lowest BCUT2D eigenvalue weighted by molar-refractivity contribution is -0.137. The third kappa shape index (κ3) is 3.71. The summed E-state index contributed by atoms with van der Waals surface area (Å²) in [5, 5.41) is 13.3. The van der Waals surface area contributed by atoms with Crippen molar-refractivity contribution in [2.24, 2.45) is 0 Å². The summed E-state index contributed by atoms with van der Waals surface area (Å²) >= 11 is 0. The maximum absolute atomic E-state index is 12.8. The topological polar surface area (TPSA) is 59.9 Å². The molecule has 1 N–H and O–H groups in total. The summed E-state index contributed by atoms with van der Waals surface area (Å²) in [6, 6.07) is 6.70. The summed E-state index contributed by atoms with van der Waals surface area (Å²) in [6.45, 7) is 1.39. The van der Waals surface area contributed by atoms with Gasteiger partial charge in [0.2, 0.25) is 0 Å². The van der Waals surface area contributed by atoms with Crippen LogP contribution in [0, 0.1) is 0 Å². The zero-order valence-electron chi connectivity index (χ0n) is 14.3. The first-order chi connectivity index (χ1) is 13.0. The number of rotatable bonds is 4. The molecule has 0 spiro atoms. The van der Waals surface area contributed by atoms with Crippen molar-refractivity contribution in [2.75, 3.05) is 18.5 Å². The zero-order valence-corrected chi connectivity index (χ0v) is 14.3. The molecule has 140 valence electrons. The molecule has 3 heterocycles. The average molecular weight is 374 g/mol. The van der Waals surface area contributed by atoms with E-state index < -0.39 is 11.7 Å². The monoisotopic (exact) mass is 374 g/mol. The van der Waals surface area contributed by atoms with Gasteiger partial charge in [-0.15, -0.1) is 10.2 Å². The molecule has 8 heteroatoms. The van der Waals surface area contributed by atoms with E-state index in [2.05, 4.69) is 20.5 Å². The van der Waals surface area contributed by atoms with Gasteiger partial charge in [-0.25, -0.2) is 0 Å². The van der Waals surface area contributed by atoms with Crippen molar-refractivity contribution in [1.82, 2.24) is 15.2 Å². The molecular weight excluding hydrogens is 357 g/mol. The minimum Gasteiger partial charge on any atom is -0.376 e. The number of pyridine rings is 1. The van der Waals surface area contributed by atoms with Crippen molar-refractivity contribution in [3.63, 3.8) is 0 Å². The number of nitrogens with one attached hydrogen (secondary N) is 1. The van der Waals surface area contributed by atoms with Gasteiger partial charge in [0.1, 0.15) is 5.69 Å². The van der Waals surface area contributed by atoms with Crippen molar-refractivity contribution in [3.05, 3.63) is 48.3 Å². The predicted molar refractivity (Wildman–Crippen MR) is 95.2 cm³/mol. The lowest BCUT2D eigenvalue weighted by Gasteiger charge is -2.14. The molecule has 1 unspecified atom stereocenters. The van der Waals surface area contributed by atoms with Crippen molar-refractivity contribution in [3.8, 4) is 11.3 Å². The first-order valence-electron chi connectivity index (χ1n) is 8.66. The van der Waals surface area contributed by atoms with E-state index in [4.69, 9.17) is 4.74 Å². The average Bonchev–Trinajstić information content (AvgIpc) is 3.19. The molecule has 0 amide bonds. The summed E-state index contributed by atoms with van der Waals surface area (Å²) in [5.74, 6) is 0.587. The SMILES string of the molecule is FC(F)(F)c1ccc(-c2nnc(NCC3CCCO3)c3cnccc23)cc1. The number of hydrogen-bond donors (Lipinski definition) is 1. The van der Waals surface area contributed by atoms with Crippen LogP contribution in [-0.4, -0.2) is 34.4 Å². The second-order valence-corrected chi connectivity index (χ2v) is 6.41. The highest BCUT2D eigenvalue weighted by Crippen LogP contribution is 2.33. The molecular formula is C19H17F3N4O. The molecule has 27 heavy (non-hydrogen) atoms. The molecule has 1 fully saturated rings. The van der Waals surface area contributed by atoms with Crippen molar-refractivity contribution in [1.29, 1.82) is 0 Å². The Kier molecular flexibility index (Phi) is 4.65. The first kappa shape index (κ1) is 17.7. The van der Waals surface area contributed by atoms with E-state index in [-0.39, 0.29) is 6.10 Å². The summed E-state index contributed by atoms with van der Waals surface area (Å²) in [7, 11) is 0. The fourth-order valence-electron chi connectivity index (χ4n) is 3.17. The Labute approximate surface area is 153 Å².